The van der Waals surface area contributed by atoms with Gasteiger partial charge < -0.3 is 55.4 Å². The molecule has 2 aliphatic carbocycles. The number of hydrogen-bond donors (Lipinski definition) is 6. The standard InChI is InChI=1S/C32H43FN4.C29H41N5.C29H40N4.C26H31N5/c1-24(2)35-17-19-37(20-18-35)32(12-4-13-32)14-9-25-10-15-36(16-11-25)29-6-3-5-26(22-29)31-23-27-21-28(33)7-8-30(27)34-31;1-29(2,3)34-19-17-32(18-20-34)16-13-30-25-11-14-33(15-12-25)26-9-6-8-23(21-26)28-22-24-7-4-5-10-27(24)31-28;1-22-20-32(21-23(2)31(22)3)16-13-30-28-11-14-33(15-12-28)29-10-6-9-26(19-29)27-17-24-7-4-5-8-25(24)18-27;1-30-11-7-22(8-12-30)28-23-9-13-31(14-10-23)24-4-2-3-20(16-24)26-17-21-15-19(18-27)5-6-25(21)29-26/h3,5-8,21-25,34H,4,9-20H2,1-2H3;4-10,21-22,25,30-31H,11-20H2,1-3H3;4-10,17,19,22-23,28,30H,11-16,18,20-21H2,1-3H3;2-6,15-17,22-23,28-29H,7-14H2,1H3/t;;22-,23+;. The van der Waals surface area contributed by atoms with Crippen molar-refractivity contribution in [1.29, 1.82) is 5.26 Å². The number of nitrogens with zero attached hydrogens (tertiary/aromatic N) is 12. The summed E-state index contributed by atoms with van der Waals surface area (Å²) in [5.41, 5.74) is 22.7. The molecule has 0 amide bonds. The molecule has 8 saturated heterocycles. The number of piperidine rings is 5. The van der Waals surface area contributed by atoms with Gasteiger partial charge in [-0.05, 0) is 332 Å². The molecule has 11 aromatic rings. The molecular formula is C116H155FN18. The molecule has 18 nitrogen and oxygen atoms in total. The van der Waals surface area contributed by atoms with Crippen molar-refractivity contribution < 1.29 is 4.39 Å². The third-order valence-corrected chi connectivity index (χ3v) is 32.6. The van der Waals surface area contributed by atoms with Gasteiger partial charge in [-0.2, -0.15) is 5.26 Å². The van der Waals surface area contributed by atoms with Crippen molar-refractivity contribution in [2.75, 3.05) is 191 Å². The maximum atomic E-state index is 13.6. The van der Waals surface area contributed by atoms with Gasteiger partial charge in [-0.1, -0.05) is 97.1 Å². The molecule has 9 fully saturated rings. The number of nitrogens with one attached hydrogen (secondary N) is 6. The summed E-state index contributed by atoms with van der Waals surface area (Å²) < 4.78 is 13.6. The molecule has 6 N–H and O–H groups in total. The topological polar surface area (TPSA) is 143 Å². The largest absolute Gasteiger partial charge is 0.371 e. The SMILES string of the molecule is CC(C)(C)N1CCN(CCNC2CCN(c3cccc(-c4cc5ccccc5[nH]4)c3)CC2)CC1.CC(C)N1CCN(C2(CCC3CCN(c4cccc(-c5cc6cc(F)ccc6[nH]5)c4)CC3)CCC2)CC1.CN1CCC(NC2CCN(c3cccc(-c4cc5cc(C#N)ccc5[nH]4)c3)CC2)CC1.C[C@@H]1CN(CCNC2CCN(c3cccc(C4=Cc5ccccc5C4)c3)CC2)C[C@H](C)N1C. The number of benzene rings is 8. The van der Waals surface area contributed by atoms with Crippen LogP contribution in [-0.4, -0.2) is 274 Å². The Morgan fingerprint density at radius 2 is 0.926 bits per heavy atom. The summed E-state index contributed by atoms with van der Waals surface area (Å²) in [7, 11) is 4.49. The van der Waals surface area contributed by atoms with Crippen LogP contribution in [0.3, 0.4) is 0 Å². The Morgan fingerprint density at radius 3 is 1.44 bits per heavy atom. The van der Waals surface area contributed by atoms with E-state index in [1.54, 1.807) is 6.07 Å². The lowest BCUT2D eigenvalue weighted by Crippen LogP contribution is -2.61. The molecule has 0 bridgehead atoms. The number of aromatic amines is 3. The number of likely N-dealkylation sites (N-methyl/N-ethyl adjacent to an activating group) is 1. The number of piperazine rings is 3. The van der Waals surface area contributed by atoms with Gasteiger partial charge in [0.15, 0.2) is 0 Å². The Kier molecular flexibility index (Phi) is 31.5. The highest BCUT2D eigenvalue weighted by atomic mass is 19.1. The van der Waals surface area contributed by atoms with Crippen LogP contribution >= 0.6 is 0 Å². The highest BCUT2D eigenvalue weighted by Crippen LogP contribution is 2.45. The lowest BCUT2D eigenvalue weighted by Gasteiger charge is -2.54. The van der Waals surface area contributed by atoms with Crippen molar-refractivity contribution in [3.05, 3.63) is 228 Å². The van der Waals surface area contributed by atoms with Gasteiger partial charge in [-0.3, -0.25) is 29.4 Å². The van der Waals surface area contributed by atoms with Gasteiger partial charge in [0.2, 0.25) is 0 Å². The van der Waals surface area contributed by atoms with Crippen molar-refractivity contribution in [3.63, 3.8) is 0 Å². The number of anilines is 4. The number of hydrogen-bond acceptors (Lipinski definition) is 15. The van der Waals surface area contributed by atoms with E-state index in [9.17, 15) is 4.39 Å². The predicted molar refractivity (Wildman–Crippen MR) is 566 cm³/mol. The van der Waals surface area contributed by atoms with Crippen LogP contribution in [0, 0.1) is 23.1 Å². The molecule has 19 heteroatoms. The van der Waals surface area contributed by atoms with Crippen molar-refractivity contribution in [2.24, 2.45) is 5.92 Å². The van der Waals surface area contributed by atoms with Crippen molar-refractivity contribution in [1.82, 2.24) is 65.2 Å². The lowest BCUT2D eigenvalue weighted by atomic mass is 9.70. The fourth-order valence-electron chi connectivity index (χ4n) is 23.5. The number of rotatable bonds is 23. The number of halogens is 1. The molecule has 2 atom stereocenters. The molecule has 8 aliphatic heterocycles. The summed E-state index contributed by atoms with van der Waals surface area (Å²) in [4.78, 5) is 39.1. The Bertz CT molecular complexity index is 5670. The first kappa shape index (κ1) is 95.6. The molecule has 10 aliphatic rings. The van der Waals surface area contributed by atoms with Gasteiger partial charge in [0.05, 0.1) is 11.6 Å². The van der Waals surface area contributed by atoms with E-state index in [1.807, 2.05) is 24.3 Å². The minimum atomic E-state index is -0.188. The van der Waals surface area contributed by atoms with Gasteiger partial charge >= 0.3 is 0 Å². The average molecular weight is 1820 g/mol. The number of nitriles is 1. The van der Waals surface area contributed by atoms with Crippen LogP contribution in [0.2, 0.25) is 0 Å². The van der Waals surface area contributed by atoms with Crippen LogP contribution in [0.5, 0.6) is 0 Å². The highest BCUT2D eigenvalue weighted by Gasteiger charge is 2.44. The molecular weight excluding hydrogens is 1660 g/mol. The molecule has 716 valence electrons. The summed E-state index contributed by atoms with van der Waals surface area (Å²) in [5, 5.41) is 24.1. The van der Waals surface area contributed by atoms with E-state index in [2.05, 4.69) is 323 Å². The molecule has 0 radical (unpaired) electrons. The van der Waals surface area contributed by atoms with E-state index in [0.29, 0.717) is 58.9 Å². The van der Waals surface area contributed by atoms with E-state index < -0.39 is 0 Å². The van der Waals surface area contributed by atoms with Crippen LogP contribution in [0.4, 0.5) is 27.1 Å². The molecule has 21 rings (SSSR count). The molecule has 0 unspecified atom stereocenters. The Morgan fingerprint density at radius 1 is 0.459 bits per heavy atom. The molecule has 135 heavy (non-hydrogen) atoms. The van der Waals surface area contributed by atoms with E-state index in [0.717, 1.165) is 111 Å². The smallest absolute Gasteiger partial charge is 0.123 e. The number of likely N-dealkylation sites (tertiary alicyclic amines) is 1. The van der Waals surface area contributed by atoms with Crippen molar-refractivity contribution in [2.45, 2.75) is 205 Å². The zero-order valence-corrected chi connectivity index (χ0v) is 82.8. The monoisotopic (exact) mass is 1820 g/mol. The number of aromatic nitrogens is 3. The zero-order valence-electron chi connectivity index (χ0n) is 82.8. The van der Waals surface area contributed by atoms with Crippen LogP contribution in [-0.2, 0) is 6.42 Å². The summed E-state index contributed by atoms with van der Waals surface area (Å²) >= 11 is 0. The number of allylic oxidation sites excluding steroid dienone is 1. The van der Waals surface area contributed by atoms with Crippen LogP contribution < -0.4 is 35.6 Å². The average Bonchev–Trinajstić information content (AvgIpc) is 1.60. The Labute approximate surface area is 806 Å². The van der Waals surface area contributed by atoms with Crippen LogP contribution in [0.1, 0.15) is 167 Å². The second-order valence-electron chi connectivity index (χ2n) is 42.8. The van der Waals surface area contributed by atoms with E-state index >= 15 is 0 Å². The summed E-state index contributed by atoms with van der Waals surface area (Å²) in [6, 6.07) is 77.2. The molecule has 1 saturated carbocycles. The fraction of sp³-hybridized carbons (Fsp3) is 0.509. The van der Waals surface area contributed by atoms with Gasteiger partial charge in [-0.25, -0.2) is 4.39 Å². The minimum absolute atomic E-state index is 0.188. The normalized spacial score (nSPS) is 21.2. The molecule has 11 heterocycles. The third kappa shape index (κ3) is 24.4. The number of H-pyrrole nitrogens is 3. The maximum absolute atomic E-state index is 13.6. The van der Waals surface area contributed by atoms with Crippen molar-refractivity contribution >= 4 is 67.1 Å². The van der Waals surface area contributed by atoms with Crippen LogP contribution in [0.25, 0.3) is 78.1 Å². The fourth-order valence-corrected chi connectivity index (χ4v) is 23.5. The summed E-state index contributed by atoms with van der Waals surface area (Å²) in [5.74, 6) is 0.670. The first-order chi connectivity index (χ1) is 65.7. The third-order valence-electron chi connectivity index (χ3n) is 32.6. The maximum Gasteiger partial charge on any atom is 0.123 e. The summed E-state index contributed by atoms with van der Waals surface area (Å²) in [6.45, 7) is 44.6. The first-order valence-corrected chi connectivity index (χ1v) is 52.1. The van der Waals surface area contributed by atoms with Crippen molar-refractivity contribution in [3.8, 4) is 39.8 Å². The second kappa shape index (κ2) is 44.4. The second-order valence-corrected chi connectivity index (χ2v) is 42.8. The summed E-state index contributed by atoms with van der Waals surface area (Å²) in [6.07, 6.45) is 22.9. The van der Waals surface area contributed by atoms with E-state index in [1.165, 1.54) is 272 Å². The highest BCUT2D eigenvalue weighted by molar-refractivity contribution is 5.91. The Hall–Kier alpha value is -9.66. The van der Waals surface area contributed by atoms with E-state index in [-0.39, 0.29) is 5.82 Å². The Balaban J connectivity index is 0.000000120. The van der Waals surface area contributed by atoms with Gasteiger partial charge in [0.1, 0.15) is 5.82 Å². The van der Waals surface area contributed by atoms with Gasteiger partial charge in [-0.15, -0.1) is 0 Å². The van der Waals surface area contributed by atoms with Crippen LogP contribution in [0.15, 0.2) is 200 Å². The minimum Gasteiger partial charge on any atom is -0.371 e. The molecule has 8 aromatic carbocycles. The predicted octanol–water partition coefficient (Wildman–Crippen LogP) is 20.5. The lowest BCUT2D eigenvalue weighted by molar-refractivity contribution is -0.0334. The number of para-hydroxylation sites is 1. The van der Waals surface area contributed by atoms with Gasteiger partial charge in [0.25, 0.3) is 0 Å². The first-order valence-electron chi connectivity index (χ1n) is 52.1. The van der Waals surface area contributed by atoms with Gasteiger partial charge in [0, 0.05) is 270 Å². The quantitative estimate of drug-likeness (QED) is 0.0361. The molecule has 0 spiro atoms. The number of fused-ring (bicyclic) bond motifs is 4. The van der Waals surface area contributed by atoms with E-state index in [4.69, 9.17) is 5.26 Å². The zero-order chi connectivity index (χ0) is 92.9. The molecule has 3 aromatic heterocycles.